The van der Waals surface area contributed by atoms with Gasteiger partial charge < -0.3 is 21.5 Å². The van der Waals surface area contributed by atoms with Crippen LogP contribution in [0.1, 0.15) is 10.4 Å². The third-order valence-corrected chi connectivity index (χ3v) is 4.57. The summed E-state index contributed by atoms with van der Waals surface area (Å²) in [5.74, 6) is -0.847. The van der Waals surface area contributed by atoms with E-state index in [2.05, 4.69) is 25.6 Å². The summed E-state index contributed by atoms with van der Waals surface area (Å²) in [6, 6.07) is 7.35. The van der Waals surface area contributed by atoms with E-state index >= 15 is 0 Å². The molecular weight excluding hydrogens is 449 g/mol. The van der Waals surface area contributed by atoms with Crippen molar-refractivity contribution < 1.29 is 14.8 Å². The lowest BCUT2D eigenvalue weighted by atomic mass is 10.1. The van der Waals surface area contributed by atoms with Crippen LogP contribution in [0.3, 0.4) is 0 Å². The molecule has 31 heavy (non-hydrogen) atoms. The van der Waals surface area contributed by atoms with E-state index in [0.717, 1.165) is 0 Å². The summed E-state index contributed by atoms with van der Waals surface area (Å²) in [4.78, 5) is 33.9. The molecule has 0 spiro atoms. The number of carbonyl (C=O) groups is 1. The molecule has 13 heteroatoms. The first kappa shape index (κ1) is 22.0. The number of anilines is 3. The third-order valence-electron chi connectivity index (χ3n) is 4.02. The van der Waals surface area contributed by atoms with Crippen LogP contribution in [0.15, 0.2) is 36.5 Å². The van der Waals surface area contributed by atoms with Gasteiger partial charge in [-0.3, -0.25) is 10.1 Å². The number of aromatic carboxylic acids is 1. The molecular formula is C18H15Cl2N7O4. The van der Waals surface area contributed by atoms with Crippen molar-refractivity contribution >= 4 is 52.4 Å². The Balaban J connectivity index is 1.70. The molecule has 0 bridgehead atoms. The number of pyridine rings is 1. The summed E-state index contributed by atoms with van der Waals surface area (Å²) in [6.07, 6.45) is 1.18. The number of carboxylic acids is 1. The Morgan fingerprint density at radius 3 is 2.55 bits per heavy atom. The SMILES string of the molecule is Nc1nc(NCCNc2ncc(C(=O)O)c(-c3ccc(Cl)cc3Cl)n2)ccc1[N+](=O)[O-]. The minimum atomic E-state index is -1.20. The Bertz CT molecular complexity index is 1160. The molecule has 11 nitrogen and oxygen atoms in total. The number of benzene rings is 1. The Morgan fingerprint density at radius 1 is 1.16 bits per heavy atom. The highest BCUT2D eigenvalue weighted by molar-refractivity contribution is 6.36. The van der Waals surface area contributed by atoms with E-state index in [1.54, 1.807) is 12.1 Å². The Hall–Kier alpha value is -3.70. The van der Waals surface area contributed by atoms with E-state index < -0.39 is 10.9 Å². The summed E-state index contributed by atoms with van der Waals surface area (Å²) in [5.41, 5.74) is 5.71. The van der Waals surface area contributed by atoms with Crippen molar-refractivity contribution in [2.75, 3.05) is 29.5 Å². The first-order valence-electron chi connectivity index (χ1n) is 8.70. The topological polar surface area (TPSA) is 169 Å². The largest absolute Gasteiger partial charge is 0.478 e. The zero-order valence-corrected chi connectivity index (χ0v) is 17.2. The highest BCUT2D eigenvalue weighted by Crippen LogP contribution is 2.31. The molecule has 0 radical (unpaired) electrons. The Kier molecular flexibility index (Phi) is 6.68. The lowest BCUT2D eigenvalue weighted by Crippen LogP contribution is -2.17. The zero-order chi connectivity index (χ0) is 22.5. The number of nitrogen functional groups attached to an aromatic ring is 1. The molecule has 0 saturated heterocycles. The van der Waals surface area contributed by atoms with Crippen molar-refractivity contribution in [3.63, 3.8) is 0 Å². The van der Waals surface area contributed by atoms with Crippen LogP contribution in [0.4, 0.5) is 23.3 Å². The number of hydrogen-bond acceptors (Lipinski definition) is 9. The van der Waals surface area contributed by atoms with Crippen LogP contribution in [0.25, 0.3) is 11.3 Å². The van der Waals surface area contributed by atoms with E-state index in [9.17, 15) is 20.0 Å². The molecule has 0 saturated carbocycles. The van der Waals surface area contributed by atoms with Gasteiger partial charge >= 0.3 is 11.7 Å². The number of hydrogen-bond donors (Lipinski definition) is 4. The van der Waals surface area contributed by atoms with Gasteiger partial charge in [-0.25, -0.2) is 19.7 Å². The van der Waals surface area contributed by atoms with Crippen molar-refractivity contribution in [3.05, 3.63) is 62.3 Å². The molecule has 0 atom stereocenters. The van der Waals surface area contributed by atoms with Gasteiger partial charge in [-0.2, -0.15) is 0 Å². The molecule has 0 aliphatic carbocycles. The van der Waals surface area contributed by atoms with Crippen LogP contribution in [0.2, 0.25) is 10.0 Å². The highest BCUT2D eigenvalue weighted by atomic mass is 35.5. The van der Waals surface area contributed by atoms with Gasteiger partial charge in [0.05, 0.1) is 15.6 Å². The Morgan fingerprint density at radius 2 is 1.90 bits per heavy atom. The average molecular weight is 464 g/mol. The number of nitrogens with one attached hydrogen (secondary N) is 2. The van der Waals surface area contributed by atoms with Crippen LogP contribution >= 0.6 is 23.2 Å². The predicted octanol–water partition coefficient (Wildman–Crippen LogP) is 3.56. The number of halogens is 2. The molecule has 160 valence electrons. The van der Waals surface area contributed by atoms with E-state index in [0.29, 0.717) is 29.5 Å². The van der Waals surface area contributed by atoms with E-state index in [-0.39, 0.29) is 33.7 Å². The van der Waals surface area contributed by atoms with Gasteiger partial charge in [0.1, 0.15) is 11.4 Å². The summed E-state index contributed by atoms with van der Waals surface area (Å²) in [6.45, 7) is 0.685. The number of rotatable bonds is 8. The molecule has 0 fully saturated rings. The first-order chi connectivity index (χ1) is 14.8. The maximum atomic E-state index is 11.6. The molecule has 5 N–H and O–H groups in total. The van der Waals surface area contributed by atoms with Crippen LogP contribution < -0.4 is 16.4 Å². The maximum absolute atomic E-state index is 11.6. The van der Waals surface area contributed by atoms with Crippen LogP contribution in [0, 0.1) is 10.1 Å². The quantitative estimate of drug-likeness (QED) is 0.220. The fraction of sp³-hybridized carbons (Fsp3) is 0.111. The molecule has 0 unspecified atom stereocenters. The smallest absolute Gasteiger partial charge is 0.339 e. The zero-order valence-electron chi connectivity index (χ0n) is 15.7. The van der Waals surface area contributed by atoms with Crippen molar-refractivity contribution in [1.82, 2.24) is 15.0 Å². The minimum Gasteiger partial charge on any atom is -0.478 e. The van der Waals surface area contributed by atoms with Crippen molar-refractivity contribution in [2.45, 2.75) is 0 Å². The van der Waals surface area contributed by atoms with Gasteiger partial charge in [0.2, 0.25) is 11.8 Å². The number of carboxylic acid groups (broad SMARTS) is 1. The molecule has 2 heterocycles. The lowest BCUT2D eigenvalue weighted by Gasteiger charge is -2.11. The van der Waals surface area contributed by atoms with Crippen LogP contribution in [-0.4, -0.2) is 44.0 Å². The second kappa shape index (κ2) is 9.41. The number of nitro groups is 1. The molecule has 3 rings (SSSR count). The van der Waals surface area contributed by atoms with Gasteiger partial charge in [0.25, 0.3) is 0 Å². The van der Waals surface area contributed by atoms with Gasteiger partial charge in [-0.1, -0.05) is 23.2 Å². The molecule has 2 aromatic heterocycles. The average Bonchev–Trinajstić information content (AvgIpc) is 2.71. The van der Waals surface area contributed by atoms with E-state index in [1.807, 2.05) is 0 Å². The second-order valence-corrected chi connectivity index (χ2v) is 6.94. The van der Waals surface area contributed by atoms with Gasteiger partial charge in [-0.15, -0.1) is 0 Å². The summed E-state index contributed by atoms with van der Waals surface area (Å²) in [7, 11) is 0. The fourth-order valence-corrected chi connectivity index (χ4v) is 3.09. The Labute approximate surface area is 185 Å². The van der Waals surface area contributed by atoms with Gasteiger partial charge in [0.15, 0.2) is 0 Å². The summed E-state index contributed by atoms with van der Waals surface area (Å²) < 4.78 is 0. The normalized spacial score (nSPS) is 10.5. The highest BCUT2D eigenvalue weighted by Gasteiger charge is 2.18. The van der Waals surface area contributed by atoms with E-state index in [4.69, 9.17) is 28.9 Å². The molecule has 3 aromatic rings. The van der Waals surface area contributed by atoms with Crippen molar-refractivity contribution in [2.24, 2.45) is 0 Å². The van der Waals surface area contributed by atoms with Gasteiger partial charge in [0, 0.05) is 35.9 Å². The molecule has 1 aromatic carbocycles. The number of nitrogens with two attached hydrogens (primary N) is 1. The lowest BCUT2D eigenvalue weighted by molar-refractivity contribution is -0.384. The van der Waals surface area contributed by atoms with Gasteiger partial charge in [-0.05, 0) is 24.3 Å². The van der Waals surface area contributed by atoms with Crippen molar-refractivity contribution in [1.29, 1.82) is 0 Å². The van der Waals surface area contributed by atoms with E-state index in [1.165, 1.54) is 24.4 Å². The summed E-state index contributed by atoms with van der Waals surface area (Å²) in [5, 5.41) is 26.8. The standard InChI is InChI=1S/C18H15Cl2N7O4/c19-9-1-2-10(12(20)7-9)15-11(17(28)29)8-24-18(26-15)23-6-5-22-14-4-3-13(27(30)31)16(21)25-14/h1-4,7-8H,5-6H2,(H,28,29)(H3,21,22,25)(H,23,24,26). The van der Waals surface area contributed by atoms with Crippen molar-refractivity contribution in [3.8, 4) is 11.3 Å². The minimum absolute atomic E-state index is 0.113. The maximum Gasteiger partial charge on any atom is 0.339 e. The summed E-state index contributed by atoms with van der Waals surface area (Å²) >= 11 is 12.1. The van der Waals surface area contributed by atoms with Crippen LogP contribution in [-0.2, 0) is 0 Å². The fourth-order valence-electron chi connectivity index (χ4n) is 2.60. The molecule has 0 aliphatic rings. The molecule has 0 aliphatic heterocycles. The second-order valence-electron chi connectivity index (χ2n) is 6.10. The predicted molar refractivity (Wildman–Crippen MR) is 117 cm³/mol. The number of aromatic nitrogens is 3. The third kappa shape index (κ3) is 5.27. The first-order valence-corrected chi connectivity index (χ1v) is 9.46. The van der Waals surface area contributed by atoms with Crippen LogP contribution in [0.5, 0.6) is 0 Å². The monoisotopic (exact) mass is 463 g/mol. The number of nitrogens with zero attached hydrogens (tertiary/aromatic N) is 4. The molecule has 0 amide bonds.